The van der Waals surface area contributed by atoms with Gasteiger partial charge in [0.1, 0.15) is 6.61 Å². The van der Waals surface area contributed by atoms with Crippen molar-refractivity contribution in [2.24, 2.45) is 4.99 Å². The zero-order valence-corrected chi connectivity index (χ0v) is 22.1. The lowest BCUT2D eigenvalue weighted by atomic mass is 10.1. The van der Waals surface area contributed by atoms with E-state index in [0.717, 1.165) is 11.1 Å². The van der Waals surface area contributed by atoms with Crippen molar-refractivity contribution < 1.29 is 23.8 Å². The Bertz CT molecular complexity index is 1370. The Morgan fingerprint density at radius 3 is 2.54 bits per heavy atom. The SMILES string of the molecule is CCOc1cc(/C=C2\SC(=Nc3ccc(C(=O)OC)cc3)N(C)C2=O)ccc1OCc1cccc(Cl)c1. The molecule has 1 saturated heterocycles. The second-order valence-electron chi connectivity index (χ2n) is 7.97. The molecule has 4 rings (SSSR count). The van der Waals surface area contributed by atoms with E-state index in [1.54, 1.807) is 37.4 Å². The molecule has 3 aromatic rings. The van der Waals surface area contributed by atoms with Crippen molar-refractivity contribution in [2.75, 3.05) is 20.8 Å². The average molecular weight is 537 g/mol. The van der Waals surface area contributed by atoms with Crippen LogP contribution in [-0.2, 0) is 16.1 Å². The van der Waals surface area contributed by atoms with Crippen molar-refractivity contribution in [1.82, 2.24) is 4.90 Å². The van der Waals surface area contributed by atoms with Gasteiger partial charge < -0.3 is 14.2 Å². The maximum absolute atomic E-state index is 12.9. The molecule has 1 aliphatic rings. The van der Waals surface area contributed by atoms with Crippen LogP contribution in [-0.4, -0.2) is 42.7 Å². The van der Waals surface area contributed by atoms with Crippen LogP contribution in [0.2, 0.25) is 5.02 Å². The minimum Gasteiger partial charge on any atom is -0.490 e. The molecule has 9 heteroatoms. The second-order valence-corrected chi connectivity index (χ2v) is 9.41. The number of nitrogens with zero attached hydrogens (tertiary/aromatic N) is 2. The van der Waals surface area contributed by atoms with Crippen molar-refractivity contribution >= 4 is 52.2 Å². The molecule has 1 amide bonds. The van der Waals surface area contributed by atoms with Crippen LogP contribution in [0.4, 0.5) is 5.69 Å². The summed E-state index contributed by atoms with van der Waals surface area (Å²) in [6, 6.07) is 19.7. The van der Waals surface area contributed by atoms with E-state index in [2.05, 4.69) is 4.99 Å². The van der Waals surface area contributed by atoms with E-state index in [1.807, 2.05) is 49.4 Å². The lowest BCUT2D eigenvalue weighted by Crippen LogP contribution is -2.23. The maximum Gasteiger partial charge on any atom is 0.337 e. The van der Waals surface area contributed by atoms with Crippen LogP contribution < -0.4 is 9.47 Å². The van der Waals surface area contributed by atoms with Gasteiger partial charge in [0.2, 0.25) is 0 Å². The third-order valence-corrected chi connectivity index (χ3v) is 6.66. The number of benzene rings is 3. The first-order valence-corrected chi connectivity index (χ1v) is 12.7. The number of amides is 1. The highest BCUT2D eigenvalue weighted by atomic mass is 35.5. The lowest BCUT2D eigenvalue weighted by molar-refractivity contribution is -0.121. The molecule has 7 nitrogen and oxygen atoms in total. The number of carbonyl (C=O) groups is 2. The molecule has 0 radical (unpaired) electrons. The molecule has 0 spiro atoms. The summed E-state index contributed by atoms with van der Waals surface area (Å²) < 4.78 is 16.5. The van der Waals surface area contributed by atoms with Gasteiger partial charge in [-0.3, -0.25) is 9.69 Å². The third-order valence-electron chi connectivity index (χ3n) is 5.37. The molecular formula is C28H25ClN2O5S. The van der Waals surface area contributed by atoms with Gasteiger partial charge in [-0.05, 0) is 84.4 Å². The molecule has 0 unspecified atom stereocenters. The summed E-state index contributed by atoms with van der Waals surface area (Å²) in [5.41, 5.74) is 2.80. The predicted octanol–water partition coefficient (Wildman–Crippen LogP) is 6.34. The number of ether oxygens (including phenoxy) is 3. The van der Waals surface area contributed by atoms with Crippen LogP contribution in [0.1, 0.15) is 28.4 Å². The Balaban J connectivity index is 1.52. The Morgan fingerprint density at radius 1 is 1.05 bits per heavy atom. The fourth-order valence-electron chi connectivity index (χ4n) is 3.49. The maximum atomic E-state index is 12.9. The Kier molecular flexibility index (Phi) is 8.53. The number of hydrogen-bond acceptors (Lipinski definition) is 7. The first kappa shape index (κ1) is 26.3. The first-order chi connectivity index (χ1) is 17.9. The largest absolute Gasteiger partial charge is 0.490 e. The van der Waals surface area contributed by atoms with Crippen molar-refractivity contribution in [3.8, 4) is 11.5 Å². The summed E-state index contributed by atoms with van der Waals surface area (Å²) >= 11 is 7.34. The van der Waals surface area contributed by atoms with Gasteiger partial charge in [-0.1, -0.05) is 29.8 Å². The van der Waals surface area contributed by atoms with Crippen LogP contribution in [0, 0.1) is 0 Å². The summed E-state index contributed by atoms with van der Waals surface area (Å²) in [6.07, 6.45) is 1.80. The molecule has 0 atom stereocenters. The Hall–Kier alpha value is -3.75. The van der Waals surface area contributed by atoms with E-state index in [0.29, 0.717) is 51.1 Å². The van der Waals surface area contributed by atoms with Crippen LogP contribution in [0.15, 0.2) is 76.6 Å². The highest BCUT2D eigenvalue weighted by molar-refractivity contribution is 8.18. The monoisotopic (exact) mass is 536 g/mol. The van der Waals surface area contributed by atoms with Crippen LogP contribution in [0.5, 0.6) is 11.5 Å². The van der Waals surface area contributed by atoms with Crippen LogP contribution in [0.3, 0.4) is 0 Å². The zero-order valence-electron chi connectivity index (χ0n) is 20.6. The number of esters is 1. The van der Waals surface area contributed by atoms with Gasteiger partial charge in [-0.2, -0.15) is 0 Å². The number of thioether (sulfide) groups is 1. The van der Waals surface area contributed by atoms with Gasteiger partial charge in [0.15, 0.2) is 16.7 Å². The molecule has 0 N–H and O–H groups in total. The number of aliphatic imine (C=N–C) groups is 1. The van der Waals surface area contributed by atoms with Gasteiger partial charge in [0, 0.05) is 12.1 Å². The van der Waals surface area contributed by atoms with Crippen LogP contribution in [0.25, 0.3) is 6.08 Å². The van der Waals surface area contributed by atoms with E-state index in [9.17, 15) is 9.59 Å². The summed E-state index contributed by atoms with van der Waals surface area (Å²) in [6.45, 7) is 2.72. The van der Waals surface area contributed by atoms with Gasteiger partial charge in [0.05, 0.1) is 29.9 Å². The third kappa shape index (κ3) is 6.53. The van der Waals surface area contributed by atoms with Gasteiger partial charge in [-0.15, -0.1) is 0 Å². The minimum absolute atomic E-state index is 0.158. The van der Waals surface area contributed by atoms with Crippen molar-refractivity contribution in [3.63, 3.8) is 0 Å². The number of rotatable bonds is 8. The summed E-state index contributed by atoms with van der Waals surface area (Å²) in [7, 11) is 3.01. The van der Waals surface area contributed by atoms with E-state index >= 15 is 0 Å². The molecule has 1 fully saturated rings. The molecule has 37 heavy (non-hydrogen) atoms. The lowest BCUT2D eigenvalue weighted by Gasteiger charge is -2.13. The number of halogens is 1. The summed E-state index contributed by atoms with van der Waals surface area (Å²) in [4.78, 5) is 31.1. The Labute approximate surface area is 224 Å². The fraction of sp³-hybridized carbons (Fsp3) is 0.179. The molecule has 0 bridgehead atoms. The van der Waals surface area contributed by atoms with Gasteiger partial charge in [-0.25, -0.2) is 9.79 Å². The number of methoxy groups -OCH3 is 1. The average Bonchev–Trinajstić information content (AvgIpc) is 3.16. The molecule has 3 aromatic carbocycles. The number of amidine groups is 1. The highest BCUT2D eigenvalue weighted by Crippen LogP contribution is 2.35. The molecule has 1 aliphatic heterocycles. The molecule has 190 valence electrons. The predicted molar refractivity (Wildman–Crippen MR) is 147 cm³/mol. The van der Waals surface area contributed by atoms with E-state index < -0.39 is 5.97 Å². The van der Waals surface area contributed by atoms with Gasteiger partial charge in [0.25, 0.3) is 5.91 Å². The highest BCUT2D eigenvalue weighted by Gasteiger charge is 2.30. The van der Waals surface area contributed by atoms with Crippen molar-refractivity contribution in [2.45, 2.75) is 13.5 Å². The topological polar surface area (TPSA) is 77.4 Å². The molecule has 0 aliphatic carbocycles. The normalized spacial score (nSPS) is 15.4. The second kappa shape index (κ2) is 12.0. The van der Waals surface area contributed by atoms with Crippen molar-refractivity contribution in [3.05, 3.63) is 93.3 Å². The van der Waals surface area contributed by atoms with E-state index in [-0.39, 0.29) is 5.91 Å². The molecule has 1 heterocycles. The smallest absolute Gasteiger partial charge is 0.337 e. The Morgan fingerprint density at radius 2 is 1.84 bits per heavy atom. The zero-order chi connectivity index (χ0) is 26.4. The molecule has 0 saturated carbocycles. The first-order valence-electron chi connectivity index (χ1n) is 11.5. The number of hydrogen-bond donors (Lipinski definition) is 0. The van der Waals surface area contributed by atoms with Crippen LogP contribution >= 0.6 is 23.4 Å². The quantitative estimate of drug-likeness (QED) is 0.247. The fourth-order valence-corrected chi connectivity index (χ4v) is 4.69. The van der Waals surface area contributed by atoms with E-state index in [4.69, 9.17) is 25.8 Å². The van der Waals surface area contributed by atoms with Crippen molar-refractivity contribution in [1.29, 1.82) is 0 Å². The number of likely N-dealkylation sites (N-methyl/N-ethyl adjacent to an activating group) is 1. The van der Waals surface area contributed by atoms with E-state index in [1.165, 1.54) is 23.8 Å². The summed E-state index contributed by atoms with van der Waals surface area (Å²) in [5, 5.41) is 1.19. The summed E-state index contributed by atoms with van der Waals surface area (Å²) in [5.74, 6) is 0.611. The van der Waals surface area contributed by atoms with Gasteiger partial charge >= 0.3 is 5.97 Å². The standard InChI is InChI=1S/C28H25ClN2O5S/c1-4-35-24-15-18(8-13-23(24)36-17-19-6-5-7-21(29)14-19)16-25-26(32)31(2)28(37-25)30-22-11-9-20(10-12-22)27(33)34-3/h5-16H,4,17H2,1-3H3/b25-16-,30-28?. The minimum atomic E-state index is -0.417. The molecular weight excluding hydrogens is 512 g/mol. The number of carbonyl (C=O) groups excluding carboxylic acids is 2. The molecule has 0 aromatic heterocycles.